The molecule has 0 aliphatic rings. The Kier molecular flexibility index (Phi) is 3.41. The molecule has 15 heavy (non-hydrogen) atoms. The first-order valence-corrected chi connectivity index (χ1v) is 5.20. The van der Waals surface area contributed by atoms with Crippen molar-refractivity contribution in [2.24, 2.45) is 0 Å². The molecule has 0 radical (unpaired) electrons. The first kappa shape index (κ1) is 11.6. The van der Waals surface area contributed by atoms with Crippen molar-refractivity contribution in [2.75, 3.05) is 19.4 Å². The number of aromatic nitrogens is 1. The van der Waals surface area contributed by atoms with Crippen LogP contribution in [0.3, 0.4) is 0 Å². The van der Waals surface area contributed by atoms with Crippen molar-refractivity contribution >= 4 is 28.3 Å². The summed E-state index contributed by atoms with van der Waals surface area (Å²) in [5.41, 5.74) is 0.654. The average Bonchev–Trinajstić information content (AvgIpc) is 2.46. The molecule has 1 heterocycles. The number of urea groups is 1. The molecule has 5 nitrogen and oxygen atoms in total. The number of ketones is 1. The molecule has 1 aromatic heterocycles. The van der Waals surface area contributed by atoms with Crippen LogP contribution in [0.5, 0.6) is 0 Å². The van der Waals surface area contributed by atoms with E-state index in [1.54, 1.807) is 21.0 Å². The number of amides is 2. The van der Waals surface area contributed by atoms with Gasteiger partial charge in [0, 0.05) is 21.0 Å². The molecule has 0 fully saturated rings. The number of hydrogen-bond donors (Lipinski definition) is 1. The number of anilines is 1. The van der Waals surface area contributed by atoms with E-state index in [0.717, 1.165) is 0 Å². The first-order valence-electron chi connectivity index (χ1n) is 4.38. The molecule has 0 saturated heterocycles. The van der Waals surface area contributed by atoms with Crippen molar-refractivity contribution in [3.63, 3.8) is 0 Å². The van der Waals surface area contributed by atoms with Crippen LogP contribution in [0.1, 0.15) is 22.3 Å². The molecule has 0 spiro atoms. The van der Waals surface area contributed by atoms with Crippen LogP contribution in [-0.4, -0.2) is 35.8 Å². The van der Waals surface area contributed by atoms with Crippen LogP contribution in [0.25, 0.3) is 0 Å². The number of carbonyl (C=O) groups is 2. The molecule has 0 atom stereocenters. The highest BCUT2D eigenvalue weighted by Gasteiger charge is 2.13. The molecule has 1 rings (SSSR count). The smallest absolute Gasteiger partial charge is 0.323 e. The number of nitrogens with one attached hydrogen (secondary N) is 1. The Morgan fingerprint density at radius 2 is 2.00 bits per heavy atom. The van der Waals surface area contributed by atoms with Crippen molar-refractivity contribution in [3.05, 3.63) is 10.6 Å². The van der Waals surface area contributed by atoms with Crippen LogP contribution in [-0.2, 0) is 0 Å². The summed E-state index contributed by atoms with van der Waals surface area (Å²) in [6.45, 7) is 3.23. The monoisotopic (exact) mass is 227 g/mol. The van der Waals surface area contributed by atoms with Crippen molar-refractivity contribution in [2.45, 2.75) is 13.8 Å². The van der Waals surface area contributed by atoms with E-state index in [4.69, 9.17) is 0 Å². The van der Waals surface area contributed by atoms with E-state index in [1.807, 2.05) is 0 Å². The second kappa shape index (κ2) is 4.39. The van der Waals surface area contributed by atoms with Gasteiger partial charge in [0.2, 0.25) is 0 Å². The molecule has 0 saturated carbocycles. The predicted molar refractivity (Wildman–Crippen MR) is 59.6 cm³/mol. The van der Waals surface area contributed by atoms with Crippen molar-refractivity contribution in [3.8, 4) is 0 Å². The van der Waals surface area contributed by atoms with Gasteiger partial charge in [0.15, 0.2) is 10.9 Å². The van der Waals surface area contributed by atoms with Gasteiger partial charge in [-0.15, -0.1) is 0 Å². The van der Waals surface area contributed by atoms with E-state index in [0.29, 0.717) is 15.7 Å². The van der Waals surface area contributed by atoms with Crippen molar-refractivity contribution < 1.29 is 9.59 Å². The Balaban J connectivity index is 2.84. The lowest BCUT2D eigenvalue weighted by molar-refractivity contribution is 0.102. The number of aryl methyl sites for hydroxylation is 1. The van der Waals surface area contributed by atoms with E-state index in [2.05, 4.69) is 10.3 Å². The molecule has 1 N–H and O–H groups in total. The fourth-order valence-electron chi connectivity index (χ4n) is 0.980. The molecular weight excluding hydrogens is 214 g/mol. The van der Waals surface area contributed by atoms with Crippen LogP contribution in [0.15, 0.2) is 0 Å². The summed E-state index contributed by atoms with van der Waals surface area (Å²) in [7, 11) is 3.28. The fourth-order valence-corrected chi connectivity index (χ4v) is 1.83. The summed E-state index contributed by atoms with van der Waals surface area (Å²) in [5.74, 6) is -0.0321. The first-order chi connectivity index (χ1) is 6.91. The molecular formula is C9H13N3O2S. The topological polar surface area (TPSA) is 62.3 Å². The second-order valence-corrected chi connectivity index (χ2v) is 4.31. The minimum Gasteiger partial charge on any atom is -0.331 e. The number of carbonyl (C=O) groups excluding carboxylic acids is 2. The van der Waals surface area contributed by atoms with Gasteiger partial charge in [-0.2, -0.15) is 0 Å². The maximum absolute atomic E-state index is 11.3. The van der Waals surface area contributed by atoms with Crippen molar-refractivity contribution in [1.82, 2.24) is 9.88 Å². The highest BCUT2D eigenvalue weighted by atomic mass is 32.1. The minimum absolute atomic E-state index is 0.0321. The van der Waals surface area contributed by atoms with Gasteiger partial charge in [-0.1, -0.05) is 11.3 Å². The van der Waals surface area contributed by atoms with Crippen LogP contribution in [0.2, 0.25) is 0 Å². The third kappa shape index (κ3) is 2.76. The van der Waals surface area contributed by atoms with Gasteiger partial charge >= 0.3 is 6.03 Å². The van der Waals surface area contributed by atoms with Gasteiger partial charge in [-0.25, -0.2) is 9.78 Å². The second-order valence-electron chi connectivity index (χ2n) is 3.31. The third-order valence-corrected chi connectivity index (χ3v) is 2.91. The highest BCUT2D eigenvalue weighted by molar-refractivity contribution is 7.17. The van der Waals surface area contributed by atoms with Gasteiger partial charge in [0.25, 0.3) is 0 Å². The molecule has 2 amide bonds. The lowest BCUT2D eigenvalue weighted by Gasteiger charge is -2.09. The van der Waals surface area contributed by atoms with E-state index in [-0.39, 0.29) is 11.8 Å². The van der Waals surface area contributed by atoms with Crippen LogP contribution >= 0.6 is 11.3 Å². The molecule has 0 aliphatic carbocycles. The SMILES string of the molecule is CC(=O)c1sc(NC(=O)N(C)C)nc1C. The molecule has 6 heteroatoms. The molecule has 0 unspecified atom stereocenters. The van der Waals surface area contributed by atoms with E-state index in [9.17, 15) is 9.59 Å². The Bertz CT molecular complexity index is 398. The third-order valence-electron chi connectivity index (χ3n) is 1.74. The lowest BCUT2D eigenvalue weighted by Crippen LogP contribution is -2.27. The lowest BCUT2D eigenvalue weighted by atomic mass is 10.3. The number of Topliss-reactive ketones (excluding diaryl/α,β-unsaturated/α-hetero) is 1. The van der Waals surface area contributed by atoms with Gasteiger partial charge in [0.05, 0.1) is 10.6 Å². The van der Waals surface area contributed by atoms with E-state index >= 15 is 0 Å². The normalized spacial score (nSPS) is 9.87. The fraction of sp³-hybridized carbons (Fsp3) is 0.444. The van der Waals surface area contributed by atoms with Crippen molar-refractivity contribution in [1.29, 1.82) is 0 Å². The average molecular weight is 227 g/mol. The molecule has 1 aromatic rings. The zero-order valence-corrected chi connectivity index (χ0v) is 9.94. The standard InChI is InChI=1S/C9H13N3O2S/c1-5-7(6(2)13)15-8(10-5)11-9(14)12(3)4/h1-4H3,(H,10,11,14). The van der Waals surface area contributed by atoms with Crippen LogP contribution in [0.4, 0.5) is 9.93 Å². The number of hydrogen-bond acceptors (Lipinski definition) is 4. The maximum atomic E-state index is 11.3. The number of thiazole rings is 1. The summed E-state index contributed by atoms with van der Waals surface area (Å²) in [4.78, 5) is 28.5. The minimum atomic E-state index is -0.251. The molecule has 0 aromatic carbocycles. The summed E-state index contributed by atoms with van der Waals surface area (Å²) in [6, 6.07) is -0.251. The quantitative estimate of drug-likeness (QED) is 0.783. The molecule has 82 valence electrons. The van der Waals surface area contributed by atoms with Gasteiger partial charge < -0.3 is 4.90 Å². The maximum Gasteiger partial charge on any atom is 0.323 e. The Morgan fingerprint density at radius 3 is 2.40 bits per heavy atom. The molecule has 0 aliphatic heterocycles. The summed E-state index contributed by atoms with van der Waals surface area (Å²) in [5, 5.41) is 3.05. The van der Waals surface area contributed by atoms with Crippen LogP contribution in [0, 0.1) is 6.92 Å². The van der Waals surface area contributed by atoms with Gasteiger partial charge in [0.1, 0.15) is 0 Å². The summed E-state index contributed by atoms with van der Waals surface area (Å²) >= 11 is 1.19. The number of nitrogens with zero attached hydrogens (tertiary/aromatic N) is 2. The van der Waals surface area contributed by atoms with Gasteiger partial charge in [-0.05, 0) is 6.92 Å². The zero-order chi connectivity index (χ0) is 11.6. The summed E-state index contributed by atoms with van der Waals surface area (Å²) < 4.78 is 0. The summed E-state index contributed by atoms with van der Waals surface area (Å²) in [6.07, 6.45) is 0. The number of rotatable bonds is 2. The highest BCUT2D eigenvalue weighted by Crippen LogP contribution is 2.22. The molecule has 0 bridgehead atoms. The van der Waals surface area contributed by atoms with Crippen LogP contribution < -0.4 is 5.32 Å². The Hall–Kier alpha value is -1.43. The van der Waals surface area contributed by atoms with E-state index in [1.165, 1.54) is 23.2 Å². The largest absolute Gasteiger partial charge is 0.331 e. The predicted octanol–water partition coefficient (Wildman–Crippen LogP) is 1.75. The van der Waals surface area contributed by atoms with Gasteiger partial charge in [-0.3, -0.25) is 10.1 Å². The Morgan fingerprint density at radius 1 is 1.40 bits per heavy atom. The zero-order valence-electron chi connectivity index (χ0n) is 9.12. The van der Waals surface area contributed by atoms with E-state index < -0.39 is 0 Å². The Labute approximate surface area is 92.1 Å².